The average Bonchev–Trinajstić information content (AvgIpc) is 2.89. The molecular weight excluding hydrogens is 264 g/mol. The van der Waals surface area contributed by atoms with E-state index in [0.717, 1.165) is 0 Å². The molecule has 3 rings (SSSR count). The van der Waals surface area contributed by atoms with Crippen molar-refractivity contribution in [2.75, 3.05) is 0 Å². The summed E-state index contributed by atoms with van der Waals surface area (Å²) >= 11 is 1.28. The quantitative estimate of drug-likeness (QED) is 0.656. The SMILES string of the molecule is Fc1ccccc1-c1cnc(-c2ccccc2F)s1. The smallest absolute Gasteiger partial charge is 0.133 e. The molecule has 3 aromatic rings. The summed E-state index contributed by atoms with van der Waals surface area (Å²) in [4.78, 5) is 4.87. The molecule has 2 aromatic carbocycles. The predicted molar refractivity (Wildman–Crippen MR) is 72.9 cm³/mol. The van der Waals surface area contributed by atoms with Gasteiger partial charge in [-0.05, 0) is 18.2 Å². The van der Waals surface area contributed by atoms with Crippen molar-refractivity contribution in [1.29, 1.82) is 0 Å². The molecule has 0 N–H and O–H groups in total. The van der Waals surface area contributed by atoms with Crippen LogP contribution < -0.4 is 0 Å². The Labute approximate surface area is 113 Å². The molecule has 0 aliphatic carbocycles. The zero-order valence-corrected chi connectivity index (χ0v) is 10.6. The molecule has 0 aliphatic rings. The second-order valence-corrected chi connectivity index (χ2v) is 5.02. The van der Waals surface area contributed by atoms with Crippen LogP contribution in [-0.2, 0) is 0 Å². The molecule has 94 valence electrons. The first-order valence-electron chi connectivity index (χ1n) is 5.71. The molecule has 1 heterocycles. The number of hydrogen-bond donors (Lipinski definition) is 0. The molecule has 0 radical (unpaired) electrons. The van der Waals surface area contributed by atoms with Crippen LogP contribution in [0.3, 0.4) is 0 Å². The Bertz CT molecular complexity index is 661. The summed E-state index contributed by atoms with van der Waals surface area (Å²) < 4.78 is 27.3. The van der Waals surface area contributed by atoms with Crippen LogP contribution in [0.15, 0.2) is 54.7 Å². The second kappa shape index (κ2) is 4.90. The Hall–Kier alpha value is -2.07. The topological polar surface area (TPSA) is 12.9 Å². The molecule has 4 heteroatoms. The number of aromatic nitrogens is 1. The minimum Gasteiger partial charge on any atom is -0.244 e. The number of hydrogen-bond acceptors (Lipinski definition) is 2. The van der Waals surface area contributed by atoms with Crippen LogP contribution in [0.25, 0.3) is 21.0 Å². The summed E-state index contributed by atoms with van der Waals surface area (Å²) in [5.74, 6) is -0.622. The zero-order chi connectivity index (χ0) is 13.2. The maximum absolute atomic E-state index is 13.7. The zero-order valence-electron chi connectivity index (χ0n) is 9.81. The van der Waals surface area contributed by atoms with Crippen LogP contribution in [-0.4, -0.2) is 4.98 Å². The van der Waals surface area contributed by atoms with E-state index < -0.39 is 0 Å². The highest BCUT2D eigenvalue weighted by Crippen LogP contribution is 2.34. The first kappa shape index (κ1) is 12.0. The maximum Gasteiger partial charge on any atom is 0.133 e. The fraction of sp³-hybridized carbons (Fsp3) is 0. The Morgan fingerprint density at radius 3 is 2.00 bits per heavy atom. The van der Waals surface area contributed by atoms with Crippen molar-refractivity contribution in [3.8, 4) is 21.0 Å². The van der Waals surface area contributed by atoms with Crippen LogP contribution in [0.5, 0.6) is 0 Å². The largest absolute Gasteiger partial charge is 0.244 e. The van der Waals surface area contributed by atoms with Crippen molar-refractivity contribution in [2.45, 2.75) is 0 Å². The highest BCUT2D eigenvalue weighted by atomic mass is 32.1. The Kier molecular flexibility index (Phi) is 3.09. The number of rotatable bonds is 2. The lowest BCUT2D eigenvalue weighted by molar-refractivity contribution is 0.631. The van der Waals surface area contributed by atoms with Gasteiger partial charge in [0.05, 0.1) is 4.88 Å². The van der Waals surface area contributed by atoms with Gasteiger partial charge in [-0.2, -0.15) is 0 Å². The van der Waals surface area contributed by atoms with E-state index in [1.807, 2.05) is 0 Å². The fourth-order valence-electron chi connectivity index (χ4n) is 1.82. The van der Waals surface area contributed by atoms with E-state index in [1.54, 1.807) is 42.6 Å². The molecule has 0 aliphatic heterocycles. The molecule has 0 unspecified atom stereocenters. The monoisotopic (exact) mass is 273 g/mol. The van der Waals surface area contributed by atoms with Crippen LogP contribution in [0, 0.1) is 11.6 Å². The molecule has 1 aromatic heterocycles. The molecule has 0 saturated carbocycles. The third-order valence-corrected chi connectivity index (χ3v) is 3.81. The average molecular weight is 273 g/mol. The van der Waals surface area contributed by atoms with Gasteiger partial charge in [-0.1, -0.05) is 30.3 Å². The Morgan fingerprint density at radius 2 is 1.37 bits per heavy atom. The summed E-state index contributed by atoms with van der Waals surface area (Å²) in [7, 11) is 0. The van der Waals surface area contributed by atoms with Crippen molar-refractivity contribution >= 4 is 11.3 Å². The van der Waals surface area contributed by atoms with E-state index in [1.165, 1.54) is 23.5 Å². The number of halogens is 2. The van der Waals surface area contributed by atoms with Crippen LogP contribution >= 0.6 is 11.3 Å². The summed E-state index contributed by atoms with van der Waals surface area (Å²) in [6.45, 7) is 0. The Morgan fingerprint density at radius 1 is 0.789 bits per heavy atom. The summed E-state index contributed by atoms with van der Waals surface area (Å²) in [5.41, 5.74) is 0.928. The molecule has 0 saturated heterocycles. The van der Waals surface area contributed by atoms with Gasteiger partial charge in [-0.15, -0.1) is 11.3 Å². The van der Waals surface area contributed by atoms with Crippen molar-refractivity contribution in [1.82, 2.24) is 4.98 Å². The third kappa shape index (κ3) is 2.27. The van der Waals surface area contributed by atoms with Crippen molar-refractivity contribution in [2.24, 2.45) is 0 Å². The van der Waals surface area contributed by atoms with Crippen molar-refractivity contribution in [3.05, 3.63) is 66.4 Å². The number of nitrogens with zero attached hydrogens (tertiary/aromatic N) is 1. The molecule has 0 bridgehead atoms. The van der Waals surface area contributed by atoms with Gasteiger partial charge in [0.25, 0.3) is 0 Å². The maximum atomic E-state index is 13.7. The third-order valence-electron chi connectivity index (χ3n) is 2.75. The van der Waals surface area contributed by atoms with Gasteiger partial charge in [-0.25, -0.2) is 13.8 Å². The van der Waals surface area contributed by atoms with E-state index in [-0.39, 0.29) is 11.6 Å². The number of thiazole rings is 1. The van der Waals surface area contributed by atoms with E-state index in [9.17, 15) is 8.78 Å². The van der Waals surface area contributed by atoms with Gasteiger partial charge in [-0.3, -0.25) is 0 Å². The Balaban J connectivity index is 2.06. The lowest BCUT2D eigenvalue weighted by Gasteiger charge is -1.98. The molecule has 0 atom stereocenters. The first-order chi connectivity index (χ1) is 9.25. The van der Waals surface area contributed by atoms with Gasteiger partial charge >= 0.3 is 0 Å². The molecule has 0 amide bonds. The van der Waals surface area contributed by atoms with Crippen LogP contribution in [0.1, 0.15) is 0 Å². The van der Waals surface area contributed by atoms with E-state index in [2.05, 4.69) is 4.98 Å². The summed E-state index contributed by atoms with van der Waals surface area (Å²) in [6, 6.07) is 12.9. The van der Waals surface area contributed by atoms with E-state index in [0.29, 0.717) is 21.0 Å². The van der Waals surface area contributed by atoms with Gasteiger partial charge in [0.1, 0.15) is 16.6 Å². The van der Waals surface area contributed by atoms with E-state index in [4.69, 9.17) is 0 Å². The van der Waals surface area contributed by atoms with Crippen molar-refractivity contribution < 1.29 is 8.78 Å². The molecule has 0 spiro atoms. The number of benzene rings is 2. The normalized spacial score (nSPS) is 10.6. The van der Waals surface area contributed by atoms with Crippen molar-refractivity contribution in [3.63, 3.8) is 0 Å². The highest BCUT2D eigenvalue weighted by Gasteiger charge is 2.12. The van der Waals surface area contributed by atoms with Gasteiger partial charge in [0.2, 0.25) is 0 Å². The van der Waals surface area contributed by atoms with Gasteiger partial charge in [0, 0.05) is 17.3 Å². The van der Waals surface area contributed by atoms with E-state index >= 15 is 0 Å². The summed E-state index contributed by atoms with van der Waals surface area (Å²) in [5, 5.41) is 0.552. The molecule has 19 heavy (non-hydrogen) atoms. The minimum absolute atomic E-state index is 0.300. The standard InChI is InChI=1S/C15H9F2NS/c16-12-7-3-1-5-10(12)14-9-18-15(19-14)11-6-2-4-8-13(11)17/h1-9H. The summed E-state index contributed by atoms with van der Waals surface area (Å²) in [6.07, 6.45) is 1.57. The molecule has 1 nitrogen and oxygen atoms in total. The van der Waals surface area contributed by atoms with Crippen LogP contribution in [0.2, 0.25) is 0 Å². The van der Waals surface area contributed by atoms with Gasteiger partial charge < -0.3 is 0 Å². The highest BCUT2D eigenvalue weighted by molar-refractivity contribution is 7.18. The van der Waals surface area contributed by atoms with Crippen LogP contribution in [0.4, 0.5) is 8.78 Å². The first-order valence-corrected chi connectivity index (χ1v) is 6.53. The minimum atomic E-state index is -0.322. The fourth-order valence-corrected chi connectivity index (χ4v) is 2.79. The molecular formula is C15H9F2NS. The lowest BCUT2D eigenvalue weighted by atomic mass is 10.2. The second-order valence-electron chi connectivity index (χ2n) is 3.99. The van der Waals surface area contributed by atoms with Gasteiger partial charge in [0.15, 0.2) is 0 Å². The lowest BCUT2D eigenvalue weighted by Crippen LogP contribution is -1.80. The predicted octanol–water partition coefficient (Wildman–Crippen LogP) is 4.76. The molecule has 0 fully saturated rings.